The maximum absolute atomic E-state index is 12.2. The Labute approximate surface area is 117 Å². The van der Waals surface area contributed by atoms with Crippen LogP contribution in [0, 0.1) is 0 Å². The predicted molar refractivity (Wildman–Crippen MR) is 78.1 cm³/mol. The van der Waals surface area contributed by atoms with Gasteiger partial charge in [0.15, 0.2) is 5.78 Å². The van der Waals surface area contributed by atoms with Gasteiger partial charge in [0.1, 0.15) is 0 Å². The Bertz CT molecular complexity index is 515. The number of carbonyl (C=O) groups is 1. The summed E-state index contributed by atoms with van der Waals surface area (Å²) in [5, 5.41) is 0.262. The number of benzene rings is 1. The molecule has 3 heteroatoms. The third-order valence-electron chi connectivity index (χ3n) is 4.37. The van der Waals surface area contributed by atoms with Gasteiger partial charge in [-0.1, -0.05) is 25.0 Å². The first-order chi connectivity index (χ1) is 9.24. The maximum atomic E-state index is 12.2. The van der Waals surface area contributed by atoms with Crippen molar-refractivity contribution in [2.75, 3.05) is 5.75 Å². The van der Waals surface area contributed by atoms with Crippen LogP contribution >= 0.6 is 0 Å². The minimum absolute atomic E-state index is 0.0555. The van der Waals surface area contributed by atoms with Gasteiger partial charge >= 0.3 is 0 Å². The van der Waals surface area contributed by atoms with Gasteiger partial charge in [0.25, 0.3) is 0 Å². The van der Waals surface area contributed by atoms with Crippen LogP contribution in [0.1, 0.15) is 53.6 Å². The summed E-state index contributed by atoms with van der Waals surface area (Å²) in [4.78, 5) is 12.2. The summed E-state index contributed by atoms with van der Waals surface area (Å²) in [5.41, 5.74) is 3.46. The van der Waals surface area contributed by atoms with E-state index < -0.39 is 10.8 Å². The Morgan fingerprint density at radius 3 is 2.63 bits per heavy atom. The van der Waals surface area contributed by atoms with Gasteiger partial charge in [-0.25, -0.2) is 0 Å². The average Bonchev–Trinajstić information content (AvgIpc) is 3.09. The zero-order valence-electron chi connectivity index (χ0n) is 11.2. The van der Waals surface area contributed by atoms with Crippen LogP contribution in [-0.4, -0.2) is 21.0 Å². The highest BCUT2D eigenvalue weighted by molar-refractivity contribution is 7.86. The van der Waals surface area contributed by atoms with Gasteiger partial charge in [-0.3, -0.25) is 9.00 Å². The van der Waals surface area contributed by atoms with Crippen LogP contribution in [0.3, 0.4) is 0 Å². The van der Waals surface area contributed by atoms with E-state index in [1.165, 1.54) is 30.4 Å². The summed E-state index contributed by atoms with van der Waals surface area (Å²) in [6.45, 7) is 0. The van der Waals surface area contributed by atoms with Gasteiger partial charge in [-0.05, 0) is 49.3 Å². The smallest absolute Gasteiger partial charge is 0.175 e. The summed E-state index contributed by atoms with van der Waals surface area (Å²) in [5.74, 6) is 0.267. The fraction of sp³-hybridized carbons (Fsp3) is 0.562. The SMILES string of the molecule is O=C(CS(=O)C1CCCC1)c1ccc2c(c1)CCC2. The molecule has 0 amide bonds. The van der Waals surface area contributed by atoms with Crippen molar-refractivity contribution in [3.63, 3.8) is 0 Å². The highest BCUT2D eigenvalue weighted by atomic mass is 32.2. The van der Waals surface area contributed by atoms with Crippen molar-refractivity contribution in [1.29, 1.82) is 0 Å². The Morgan fingerprint density at radius 1 is 1.11 bits per heavy atom. The molecule has 0 bridgehead atoms. The number of fused-ring (bicyclic) bond motifs is 1. The van der Waals surface area contributed by atoms with Crippen LogP contribution in [-0.2, 0) is 23.6 Å². The molecular weight excluding hydrogens is 256 g/mol. The maximum Gasteiger partial charge on any atom is 0.175 e. The molecule has 1 unspecified atom stereocenters. The van der Waals surface area contributed by atoms with E-state index in [0.29, 0.717) is 0 Å². The standard InChI is InChI=1S/C16H20O2S/c17-16(11-19(18)15-6-1-2-7-15)14-9-8-12-4-3-5-13(12)10-14/h8-10,15H,1-7,11H2. The largest absolute Gasteiger partial charge is 0.293 e. The summed E-state index contributed by atoms with van der Waals surface area (Å²) in [6, 6.07) is 6.02. The molecule has 1 atom stereocenters. The number of hydrogen-bond acceptors (Lipinski definition) is 2. The van der Waals surface area contributed by atoms with Crippen LogP contribution in [0.5, 0.6) is 0 Å². The van der Waals surface area contributed by atoms with Crippen LogP contribution in [0.4, 0.5) is 0 Å². The molecule has 0 N–H and O–H groups in total. The first-order valence-electron chi connectivity index (χ1n) is 7.26. The molecule has 19 heavy (non-hydrogen) atoms. The Balaban J connectivity index is 1.68. The van der Waals surface area contributed by atoms with Gasteiger partial charge in [0, 0.05) is 21.6 Å². The lowest BCUT2D eigenvalue weighted by molar-refractivity contribution is 0.102. The number of ketones is 1. The fourth-order valence-electron chi connectivity index (χ4n) is 3.23. The summed E-state index contributed by atoms with van der Waals surface area (Å²) >= 11 is 0. The van der Waals surface area contributed by atoms with E-state index in [0.717, 1.165) is 31.2 Å². The quantitative estimate of drug-likeness (QED) is 0.792. The van der Waals surface area contributed by atoms with Crippen LogP contribution < -0.4 is 0 Å². The molecule has 2 aliphatic carbocycles. The van der Waals surface area contributed by atoms with E-state index >= 15 is 0 Å². The molecule has 0 spiro atoms. The van der Waals surface area contributed by atoms with Gasteiger partial charge in [-0.15, -0.1) is 0 Å². The second-order valence-electron chi connectivity index (χ2n) is 5.69. The molecule has 0 aliphatic heterocycles. The van der Waals surface area contributed by atoms with E-state index in [4.69, 9.17) is 0 Å². The first-order valence-corrected chi connectivity index (χ1v) is 8.64. The molecule has 102 valence electrons. The first kappa shape index (κ1) is 13.0. The lowest BCUT2D eigenvalue weighted by Crippen LogP contribution is -2.19. The molecule has 0 radical (unpaired) electrons. The molecule has 1 aromatic rings. The second-order valence-corrected chi connectivity index (χ2v) is 7.41. The van der Waals surface area contributed by atoms with Crippen LogP contribution in [0.15, 0.2) is 18.2 Å². The zero-order chi connectivity index (χ0) is 13.2. The Kier molecular flexibility index (Phi) is 3.83. The van der Waals surface area contributed by atoms with Crippen molar-refractivity contribution in [2.24, 2.45) is 0 Å². The van der Waals surface area contributed by atoms with Crippen molar-refractivity contribution in [2.45, 2.75) is 50.2 Å². The van der Waals surface area contributed by atoms with Crippen molar-refractivity contribution >= 4 is 16.6 Å². The van der Waals surface area contributed by atoms with E-state index in [1.807, 2.05) is 12.1 Å². The molecule has 1 saturated carbocycles. The molecular formula is C16H20O2S. The van der Waals surface area contributed by atoms with E-state index in [2.05, 4.69) is 6.07 Å². The number of hydrogen-bond donors (Lipinski definition) is 0. The van der Waals surface area contributed by atoms with Crippen molar-refractivity contribution in [1.82, 2.24) is 0 Å². The van der Waals surface area contributed by atoms with Gasteiger partial charge in [0.2, 0.25) is 0 Å². The minimum atomic E-state index is -0.974. The highest BCUT2D eigenvalue weighted by Crippen LogP contribution is 2.25. The molecule has 0 aromatic heterocycles. The Morgan fingerprint density at radius 2 is 1.84 bits per heavy atom. The molecule has 0 saturated heterocycles. The van der Waals surface area contributed by atoms with E-state index in [1.54, 1.807) is 0 Å². The van der Waals surface area contributed by atoms with Crippen molar-refractivity contribution in [3.8, 4) is 0 Å². The monoisotopic (exact) mass is 276 g/mol. The van der Waals surface area contributed by atoms with Crippen molar-refractivity contribution < 1.29 is 9.00 Å². The molecule has 1 fully saturated rings. The van der Waals surface area contributed by atoms with E-state index in [9.17, 15) is 9.00 Å². The molecule has 0 heterocycles. The highest BCUT2D eigenvalue weighted by Gasteiger charge is 2.24. The Hall–Kier alpha value is -0.960. The lowest BCUT2D eigenvalue weighted by Gasteiger charge is -2.09. The number of rotatable bonds is 4. The van der Waals surface area contributed by atoms with E-state index in [-0.39, 0.29) is 16.8 Å². The van der Waals surface area contributed by atoms with Crippen molar-refractivity contribution in [3.05, 3.63) is 34.9 Å². The minimum Gasteiger partial charge on any atom is -0.293 e. The summed E-state index contributed by atoms with van der Waals surface area (Å²) < 4.78 is 12.2. The van der Waals surface area contributed by atoms with Gasteiger partial charge in [-0.2, -0.15) is 0 Å². The third-order valence-corrected chi connectivity index (χ3v) is 6.13. The number of Topliss-reactive ketones (excluding diaryl/α,β-unsaturated/α-hetero) is 1. The second kappa shape index (κ2) is 5.58. The zero-order valence-corrected chi connectivity index (χ0v) is 12.0. The normalized spacial score (nSPS) is 20.4. The van der Waals surface area contributed by atoms with Crippen LogP contribution in [0.25, 0.3) is 0 Å². The predicted octanol–water partition coefficient (Wildman–Crippen LogP) is 3.05. The summed E-state index contributed by atoms with van der Waals surface area (Å²) in [6.07, 6.45) is 7.82. The molecule has 2 nitrogen and oxygen atoms in total. The van der Waals surface area contributed by atoms with Gasteiger partial charge in [0.05, 0.1) is 5.75 Å². The molecule has 2 aliphatic rings. The number of carbonyl (C=O) groups excluding carboxylic acids is 1. The van der Waals surface area contributed by atoms with Gasteiger partial charge < -0.3 is 0 Å². The molecule has 1 aromatic carbocycles. The average molecular weight is 276 g/mol. The fourth-order valence-corrected chi connectivity index (χ4v) is 4.75. The topological polar surface area (TPSA) is 34.1 Å². The lowest BCUT2D eigenvalue weighted by atomic mass is 10.0. The number of aryl methyl sites for hydroxylation is 2. The van der Waals surface area contributed by atoms with Crippen LogP contribution in [0.2, 0.25) is 0 Å². The molecule has 3 rings (SSSR count). The third kappa shape index (κ3) is 2.81. The summed E-state index contributed by atoms with van der Waals surface area (Å²) in [7, 11) is -0.974.